The molecular formula is C8H12N2O3. The minimum Gasteiger partial charge on any atom is -0.393 e. The van der Waals surface area contributed by atoms with Crippen LogP contribution in [0.2, 0.25) is 0 Å². The zero-order valence-corrected chi connectivity index (χ0v) is 7.65. The van der Waals surface area contributed by atoms with Crippen molar-refractivity contribution >= 4 is 5.69 Å². The highest BCUT2D eigenvalue weighted by Crippen LogP contribution is 2.24. The molecule has 72 valence electrons. The Kier molecular flexibility index (Phi) is 3.13. The Balaban J connectivity index is 2.82. The van der Waals surface area contributed by atoms with Crippen molar-refractivity contribution in [3.8, 4) is 0 Å². The second-order valence-electron chi connectivity index (χ2n) is 2.90. The van der Waals surface area contributed by atoms with Crippen LogP contribution >= 0.6 is 0 Å². The molecule has 0 saturated carbocycles. The molecule has 0 aliphatic carbocycles. The number of aryl methyl sites for hydroxylation is 1. The van der Waals surface area contributed by atoms with Crippen LogP contribution in [-0.4, -0.2) is 16.4 Å². The lowest BCUT2D eigenvalue weighted by molar-refractivity contribution is 0.160. The van der Waals surface area contributed by atoms with Crippen LogP contribution in [0.4, 0.5) is 5.69 Å². The molecule has 0 spiro atoms. The first-order valence-electron chi connectivity index (χ1n) is 4.15. The van der Waals surface area contributed by atoms with E-state index >= 15 is 0 Å². The number of rotatable bonds is 4. The molecule has 5 nitrogen and oxygen atoms in total. The summed E-state index contributed by atoms with van der Waals surface area (Å²) in [6, 6.07) is 0. The Morgan fingerprint density at radius 3 is 2.92 bits per heavy atom. The molecule has 0 radical (unpaired) electrons. The Morgan fingerprint density at radius 2 is 2.38 bits per heavy atom. The molecule has 0 aromatic carbocycles. The zero-order valence-electron chi connectivity index (χ0n) is 7.65. The molecule has 0 aliphatic heterocycles. The fourth-order valence-electron chi connectivity index (χ4n) is 1.02. The van der Waals surface area contributed by atoms with E-state index in [0.29, 0.717) is 24.3 Å². The molecule has 5 heteroatoms. The number of aromatic nitrogens is 1. The quantitative estimate of drug-likeness (QED) is 0.722. The summed E-state index contributed by atoms with van der Waals surface area (Å²) < 4.78 is 4.86. The minimum absolute atomic E-state index is 0.215. The summed E-state index contributed by atoms with van der Waals surface area (Å²) in [7, 11) is 0. The smallest absolute Gasteiger partial charge is 0.173 e. The van der Waals surface area contributed by atoms with E-state index in [1.54, 1.807) is 6.92 Å². The highest BCUT2D eigenvalue weighted by Gasteiger charge is 2.16. The minimum atomic E-state index is -0.507. The summed E-state index contributed by atoms with van der Waals surface area (Å²) >= 11 is 0. The van der Waals surface area contributed by atoms with Crippen molar-refractivity contribution in [2.24, 2.45) is 5.18 Å². The first-order chi connectivity index (χ1) is 6.19. The molecule has 1 N–H and O–H groups in total. The molecule has 0 fully saturated rings. The van der Waals surface area contributed by atoms with Gasteiger partial charge in [-0.3, -0.25) is 0 Å². The molecule has 0 amide bonds. The summed E-state index contributed by atoms with van der Waals surface area (Å²) in [5.41, 5.74) is 0.681. The summed E-state index contributed by atoms with van der Waals surface area (Å²) in [5, 5.41) is 15.7. The van der Waals surface area contributed by atoms with Crippen LogP contribution in [-0.2, 0) is 6.42 Å². The van der Waals surface area contributed by atoms with Crippen LogP contribution in [0.15, 0.2) is 9.70 Å². The third-order valence-electron chi connectivity index (χ3n) is 1.88. The largest absolute Gasteiger partial charge is 0.393 e. The molecule has 1 aromatic heterocycles. The van der Waals surface area contributed by atoms with Gasteiger partial charge in [0.15, 0.2) is 11.4 Å². The first-order valence-corrected chi connectivity index (χ1v) is 4.15. The van der Waals surface area contributed by atoms with Crippen molar-refractivity contribution in [3.05, 3.63) is 16.4 Å². The lowest BCUT2D eigenvalue weighted by Crippen LogP contribution is -2.07. The third-order valence-corrected chi connectivity index (χ3v) is 1.88. The van der Waals surface area contributed by atoms with E-state index in [0.717, 1.165) is 0 Å². The van der Waals surface area contributed by atoms with Crippen LogP contribution < -0.4 is 0 Å². The fourth-order valence-corrected chi connectivity index (χ4v) is 1.02. The van der Waals surface area contributed by atoms with Gasteiger partial charge in [-0.05, 0) is 18.5 Å². The van der Waals surface area contributed by atoms with Crippen molar-refractivity contribution in [1.29, 1.82) is 0 Å². The van der Waals surface area contributed by atoms with Crippen LogP contribution in [0.1, 0.15) is 24.8 Å². The van der Waals surface area contributed by atoms with Crippen molar-refractivity contribution in [2.45, 2.75) is 32.8 Å². The Bertz CT molecular complexity index is 296. The van der Waals surface area contributed by atoms with E-state index < -0.39 is 6.10 Å². The molecule has 0 aliphatic rings. The zero-order chi connectivity index (χ0) is 9.84. The van der Waals surface area contributed by atoms with Crippen LogP contribution in [0.5, 0.6) is 0 Å². The van der Waals surface area contributed by atoms with Gasteiger partial charge in [-0.15, -0.1) is 4.91 Å². The molecule has 0 bridgehead atoms. The average Bonchev–Trinajstić information content (AvgIpc) is 2.46. The van der Waals surface area contributed by atoms with Gasteiger partial charge in [-0.25, -0.2) is 0 Å². The van der Waals surface area contributed by atoms with E-state index in [1.807, 2.05) is 6.92 Å². The van der Waals surface area contributed by atoms with Gasteiger partial charge in [-0.1, -0.05) is 12.1 Å². The Labute approximate surface area is 75.7 Å². The normalized spacial score (nSPS) is 12.8. The van der Waals surface area contributed by atoms with Crippen LogP contribution in [0.3, 0.4) is 0 Å². The molecule has 1 rings (SSSR count). The van der Waals surface area contributed by atoms with Gasteiger partial charge in [0, 0.05) is 6.42 Å². The second-order valence-corrected chi connectivity index (χ2v) is 2.90. The molecular weight excluding hydrogens is 172 g/mol. The van der Waals surface area contributed by atoms with E-state index in [2.05, 4.69) is 10.3 Å². The van der Waals surface area contributed by atoms with Crippen molar-refractivity contribution < 1.29 is 9.63 Å². The number of nitrogens with zero attached hydrogens (tertiary/aromatic N) is 2. The summed E-state index contributed by atoms with van der Waals surface area (Å²) in [6.07, 6.45) is 0.393. The summed E-state index contributed by atoms with van der Waals surface area (Å²) in [6.45, 7) is 3.49. The predicted octanol–water partition coefficient (Wildman–Crippen LogP) is 1.69. The number of aliphatic hydroxyl groups excluding tert-OH is 1. The van der Waals surface area contributed by atoms with E-state index in [1.165, 1.54) is 0 Å². The van der Waals surface area contributed by atoms with Crippen molar-refractivity contribution in [1.82, 2.24) is 5.16 Å². The van der Waals surface area contributed by atoms with Crippen LogP contribution in [0, 0.1) is 11.8 Å². The predicted molar refractivity (Wildman–Crippen MR) is 46.7 cm³/mol. The standard InChI is InChI=1S/C8H12N2O3/c1-3-6(11)4-7-8(9-12)5(2)10-13-7/h6,11H,3-4H2,1-2H3. The third kappa shape index (κ3) is 2.12. The lowest BCUT2D eigenvalue weighted by Gasteiger charge is -2.02. The summed E-state index contributed by atoms with van der Waals surface area (Å²) in [4.78, 5) is 10.3. The van der Waals surface area contributed by atoms with E-state index in [-0.39, 0.29) is 5.69 Å². The van der Waals surface area contributed by atoms with Crippen molar-refractivity contribution in [3.63, 3.8) is 0 Å². The SMILES string of the molecule is CCC(O)Cc1onc(C)c1N=O. The number of hydrogen-bond acceptors (Lipinski definition) is 5. The first kappa shape index (κ1) is 9.85. The molecule has 0 saturated heterocycles. The number of aliphatic hydroxyl groups is 1. The topological polar surface area (TPSA) is 75.7 Å². The Morgan fingerprint density at radius 1 is 1.69 bits per heavy atom. The van der Waals surface area contributed by atoms with Crippen LogP contribution in [0.25, 0.3) is 0 Å². The second kappa shape index (κ2) is 4.13. The molecule has 1 unspecified atom stereocenters. The van der Waals surface area contributed by atoms with Gasteiger partial charge in [-0.2, -0.15) is 0 Å². The summed E-state index contributed by atoms with van der Waals surface area (Å²) in [5.74, 6) is 0.363. The monoisotopic (exact) mass is 184 g/mol. The maximum absolute atomic E-state index is 10.3. The fraction of sp³-hybridized carbons (Fsp3) is 0.625. The maximum atomic E-state index is 10.3. The highest BCUT2D eigenvalue weighted by molar-refractivity contribution is 5.44. The number of nitroso groups, excluding NO2 is 1. The average molecular weight is 184 g/mol. The van der Waals surface area contributed by atoms with Crippen molar-refractivity contribution in [2.75, 3.05) is 0 Å². The van der Waals surface area contributed by atoms with E-state index in [4.69, 9.17) is 4.52 Å². The highest BCUT2D eigenvalue weighted by atomic mass is 16.5. The molecule has 13 heavy (non-hydrogen) atoms. The maximum Gasteiger partial charge on any atom is 0.173 e. The lowest BCUT2D eigenvalue weighted by atomic mass is 10.1. The van der Waals surface area contributed by atoms with Gasteiger partial charge in [0.25, 0.3) is 0 Å². The van der Waals surface area contributed by atoms with Gasteiger partial charge in [0.1, 0.15) is 5.69 Å². The molecule has 1 atom stereocenters. The van der Waals surface area contributed by atoms with Gasteiger partial charge in [0.05, 0.1) is 6.10 Å². The van der Waals surface area contributed by atoms with Gasteiger partial charge < -0.3 is 9.63 Å². The molecule has 1 heterocycles. The van der Waals surface area contributed by atoms with Gasteiger partial charge >= 0.3 is 0 Å². The van der Waals surface area contributed by atoms with E-state index in [9.17, 15) is 10.0 Å². The number of hydrogen-bond donors (Lipinski definition) is 1. The Hall–Kier alpha value is -1.23. The molecule has 1 aromatic rings. The van der Waals surface area contributed by atoms with Gasteiger partial charge in [0.2, 0.25) is 0 Å².